The van der Waals surface area contributed by atoms with Crippen LogP contribution >= 0.6 is 0 Å². The Labute approximate surface area is 201 Å². The van der Waals surface area contributed by atoms with Crippen LogP contribution in [0.3, 0.4) is 0 Å². The number of fused-ring (bicyclic) bond motifs is 3. The van der Waals surface area contributed by atoms with Crippen LogP contribution in [0.1, 0.15) is 63.5 Å². The molecule has 34 heavy (non-hydrogen) atoms. The molecule has 0 bridgehead atoms. The molecule has 1 aliphatic carbocycles. The molecule has 0 spiro atoms. The van der Waals surface area contributed by atoms with E-state index < -0.39 is 18.1 Å². The quantitative estimate of drug-likeness (QED) is 0.496. The lowest BCUT2D eigenvalue weighted by Crippen LogP contribution is -2.45. The molecular weight excluding hydrogens is 432 g/mol. The van der Waals surface area contributed by atoms with Crippen LogP contribution in [0.5, 0.6) is 0 Å². The van der Waals surface area contributed by atoms with E-state index in [2.05, 4.69) is 29.6 Å². The van der Waals surface area contributed by atoms with E-state index in [0.29, 0.717) is 6.42 Å². The summed E-state index contributed by atoms with van der Waals surface area (Å²) < 4.78 is 5.64. The molecule has 1 atom stereocenters. The van der Waals surface area contributed by atoms with Gasteiger partial charge < -0.3 is 20.1 Å². The summed E-state index contributed by atoms with van der Waals surface area (Å²) in [6.45, 7) is 5.44. The molecule has 0 aromatic heterocycles. The van der Waals surface area contributed by atoms with Crippen molar-refractivity contribution in [2.45, 2.75) is 64.5 Å². The minimum atomic E-state index is -1.06. The normalized spacial score (nSPS) is 13.2. The molecule has 2 amide bonds. The predicted octanol–water partition coefficient (Wildman–Crippen LogP) is 4.80. The Kier molecular flexibility index (Phi) is 8.68. The Bertz CT molecular complexity index is 974. The highest BCUT2D eigenvalue weighted by atomic mass is 16.5. The zero-order chi connectivity index (χ0) is 24.7. The summed E-state index contributed by atoms with van der Waals surface area (Å²) >= 11 is 0. The number of alkyl carbamates (subject to hydrolysis) is 1. The number of carboxylic acids is 1. The third-order valence-corrected chi connectivity index (χ3v) is 6.24. The van der Waals surface area contributed by atoms with Crippen LogP contribution in [0.2, 0.25) is 0 Å². The molecule has 2 aromatic rings. The van der Waals surface area contributed by atoms with E-state index in [4.69, 9.17) is 9.84 Å². The number of hydrogen-bond donors (Lipinski definition) is 2. The summed E-state index contributed by atoms with van der Waals surface area (Å²) in [5, 5.41) is 12.0. The minimum absolute atomic E-state index is 0.0374. The van der Waals surface area contributed by atoms with E-state index in [1.807, 2.05) is 31.2 Å². The predicted molar refractivity (Wildman–Crippen MR) is 131 cm³/mol. The van der Waals surface area contributed by atoms with Gasteiger partial charge >= 0.3 is 12.1 Å². The van der Waals surface area contributed by atoms with Gasteiger partial charge in [-0.2, -0.15) is 0 Å². The second kappa shape index (κ2) is 11.7. The lowest BCUT2D eigenvalue weighted by molar-refractivity contribution is -0.146. The Morgan fingerprint density at radius 3 is 2.15 bits per heavy atom. The molecule has 7 heteroatoms. The van der Waals surface area contributed by atoms with Crippen molar-refractivity contribution in [3.05, 3.63) is 59.7 Å². The number of aliphatic carboxylic acids is 1. The van der Waals surface area contributed by atoms with Crippen molar-refractivity contribution in [3.63, 3.8) is 0 Å². The van der Waals surface area contributed by atoms with Gasteiger partial charge in [0.25, 0.3) is 0 Å². The lowest BCUT2D eigenvalue weighted by atomic mass is 9.98. The second-order valence-corrected chi connectivity index (χ2v) is 9.02. The number of nitrogens with zero attached hydrogens (tertiary/aromatic N) is 1. The first kappa shape index (κ1) is 25.3. The van der Waals surface area contributed by atoms with Crippen molar-refractivity contribution < 1.29 is 24.2 Å². The fourth-order valence-corrected chi connectivity index (χ4v) is 4.52. The van der Waals surface area contributed by atoms with Gasteiger partial charge in [-0.25, -0.2) is 4.79 Å². The first-order valence-electron chi connectivity index (χ1n) is 11.9. The van der Waals surface area contributed by atoms with E-state index in [1.54, 1.807) is 13.8 Å². The molecule has 1 aliphatic rings. The van der Waals surface area contributed by atoms with E-state index >= 15 is 0 Å². The Morgan fingerprint density at radius 1 is 1.03 bits per heavy atom. The van der Waals surface area contributed by atoms with Crippen LogP contribution in [0.25, 0.3) is 11.1 Å². The molecule has 0 unspecified atom stereocenters. The number of carbonyl (C=O) groups excluding carboxylic acids is 2. The van der Waals surface area contributed by atoms with Gasteiger partial charge in [0.1, 0.15) is 13.2 Å². The van der Waals surface area contributed by atoms with Gasteiger partial charge in [0, 0.05) is 24.4 Å². The summed E-state index contributed by atoms with van der Waals surface area (Å²) in [4.78, 5) is 38.0. The van der Waals surface area contributed by atoms with E-state index in [0.717, 1.165) is 35.1 Å². The number of ether oxygens (including phenoxy) is 1. The van der Waals surface area contributed by atoms with Crippen molar-refractivity contribution >= 4 is 18.0 Å². The van der Waals surface area contributed by atoms with Gasteiger partial charge in [0.05, 0.1) is 0 Å². The molecule has 2 aromatic carbocycles. The highest BCUT2D eigenvalue weighted by Gasteiger charge is 2.30. The van der Waals surface area contributed by atoms with E-state index in [-0.39, 0.29) is 37.4 Å². The second-order valence-electron chi connectivity index (χ2n) is 9.02. The van der Waals surface area contributed by atoms with Crippen LogP contribution in [0.4, 0.5) is 4.79 Å². The van der Waals surface area contributed by atoms with Crippen LogP contribution in [-0.2, 0) is 14.3 Å². The smallest absolute Gasteiger partial charge is 0.407 e. The fourth-order valence-electron chi connectivity index (χ4n) is 4.52. The molecule has 0 aliphatic heterocycles. The number of benzene rings is 2. The molecule has 182 valence electrons. The van der Waals surface area contributed by atoms with Gasteiger partial charge in [0.15, 0.2) is 0 Å². The molecular formula is C27H34N2O5. The van der Waals surface area contributed by atoms with Crippen LogP contribution in [-0.4, -0.2) is 53.2 Å². The number of hydrogen-bond acceptors (Lipinski definition) is 4. The number of carboxylic acid groups (broad SMARTS) is 1. The molecule has 0 fully saturated rings. The summed E-state index contributed by atoms with van der Waals surface area (Å²) in [5.74, 6) is -1.39. The molecule has 0 saturated carbocycles. The van der Waals surface area contributed by atoms with Crippen LogP contribution in [0.15, 0.2) is 48.5 Å². The first-order chi connectivity index (χ1) is 16.3. The molecule has 0 radical (unpaired) electrons. The monoisotopic (exact) mass is 466 g/mol. The maximum Gasteiger partial charge on any atom is 0.407 e. The highest BCUT2D eigenvalue weighted by molar-refractivity contribution is 5.82. The van der Waals surface area contributed by atoms with E-state index in [9.17, 15) is 14.4 Å². The highest BCUT2D eigenvalue weighted by Crippen LogP contribution is 2.44. The van der Waals surface area contributed by atoms with Crippen molar-refractivity contribution in [1.29, 1.82) is 0 Å². The first-order valence-corrected chi connectivity index (χ1v) is 11.9. The van der Waals surface area contributed by atoms with Crippen molar-refractivity contribution in [2.24, 2.45) is 0 Å². The third kappa shape index (κ3) is 6.16. The Balaban J connectivity index is 1.64. The number of nitrogens with one attached hydrogen (secondary N) is 1. The number of rotatable bonds is 11. The Morgan fingerprint density at radius 2 is 1.62 bits per heavy atom. The average molecular weight is 467 g/mol. The summed E-state index contributed by atoms with van der Waals surface area (Å²) in [5.41, 5.74) is 4.59. The summed E-state index contributed by atoms with van der Waals surface area (Å²) in [6.07, 6.45) is 1.84. The zero-order valence-electron chi connectivity index (χ0n) is 20.1. The summed E-state index contributed by atoms with van der Waals surface area (Å²) in [6, 6.07) is 15.6. The largest absolute Gasteiger partial charge is 0.480 e. The van der Waals surface area contributed by atoms with Crippen LogP contribution < -0.4 is 5.32 Å². The van der Waals surface area contributed by atoms with E-state index in [1.165, 1.54) is 4.90 Å². The number of amides is 2. The average Bonchev–Trinajstić information content (AvgIpc) is 3.13. The van der Waals surface area contributed by atoms with Gasteiger partial charge in [-0.3, -0.25) is 9.59 Å². The molecule has 7 nitrogen and oxygen atoms in total. The third-order valence-electron chi connectivity index (χ3n) is 6.24. The Hall–Kier alpha value is -3.35. The topological polar surface area (TPSA) is 95.9 Å². The zero-order valence-corrected chi connectivity index (χ0v) is 20.1. The van der Waals surface area contributed by atoms with Gasteiger partial charge in [-0.1, -0.05) is 68.3 Å². The fraction of sp³-hybridized carbons (Fsp3) is 0.444. The molecule has 0 heterocycles. The maximum atomic E-state index is 12.8. The standard InChI is InChI=1S/C27H34N2O5/c1-4-5-10-19(15-25(30)29(18(2)3)16-26(31)32)28-27(33)34-17-24-22-13-8-6-11-20(22)21-12-7-9-14-23(21)24/h6-9,11-14,18-19,24H,4-5,10,15-17H2,1-3H3,(H,28,33)(H,31,32)/t19-/m1/s1. The minimum Gasteiger partial charge on any atom is -0.480 e. The maximum absolute atomic E-state index is 12.8. The van der Waals surface area contributed by atoms with Gasteiger partial charge in [-0.05, 0) is 42.5 Å². The number of carbonyl (C=O) groups is 3. The lowest BCUT2D eigenvalue weighted by Gasteiger charge is -2.27. The van der Waals surface area contributed by atoms with Gasteiger partial charge in [0.2, 0.25) is 5.91 Å². The van der Waals surface area contributed by atoms with Crippen molar-refractivity contribution in [3.8, 4) is 11.1 Å². The van der Waals surface area contributed by atoms with Crippen molar-refractivity contribution in [2.75, 3.05) is 13.2 Å². The number of unbranched alkanes of at least 4 members (excludes halogenated alkanes) is 1. The SMILES string of the molecule is CCCC[C@H](CC(=O)N(CC(=O)O)C(C)C)NC(=O)OCC1c2ccccc2-c2ccccc21. The van der Waals surface area contributed by atoms with Crippen molar-refractivity contribution in [1.82, 2.24) is 10.2 Å². The summed E-state index contributed by atoms with van der Waals surface area (Å²) in [7, 11) is 0. The van der Waals surface area contributed by atoms with Gasteiger partial charge in [-0.15, -0.1) is 0 Å². The molecule has 2 N–H and O–H groups in total. The molecule has 3 rings (SSSR count). The molecule has 0 saturated heterocycles. The van der Waals surface area contributed by atoms with Crippen LogP contribution in [0, 0.1) is 0 Å².